The van der Waals surface area contributed by atoms with E-state index in [2.05, 4.69) is 5.32 Å². The van der Waals surface area contributed by atoms with Crippen LogP contribution in [0, 0.1) is 10.1 Å². The maximum atomic E-state index is 13.1. The number of hydrogen-bond donors (Lipinski definition) is 1. The van der Waals surface area contributed by atoms with Gasteiger partial charge in [0.15, 0.2) is 12.6 Å². The number of ether oxygens (including phenoxy) is 2. The Balaban J connectivity index is 1.39. The molecule has 0 aliphatic carbocycles. The molecule has 2 fully saturated rings. The maximum Gasteiger partial charge on any atom is 0.333 e. The van der Waals surface area contributed by atoms with E-state index in [4.69, 9.17) is 21.1 Å². The Morgan fingerprint density at radius 1 is 1.17 bits per heavy atom. The van der Waals surface area contributed by atoms with Crippen LogP contribution in [0.1, 0.15) is 25.3 Å². The van der Waals surface area contributed by atoms with Crippen LogP contribution in [0.3, 0.4) is 0 Å². The summed E-state index contributed by atoms with van der Waals surface area (Å²) in [5.74, 6) is -0.960. The van der Waals surface area contributed by atoms with Gasteiger partial charge in [0.1, 0.15) is 18.4 Å². The van der Waals surface area contributed by atoms with E-state index in [-0.39, 0.29) is 24.9 Å². The van der Waals surface area contributed by atoms with E-state index >= 15 is 0 Å². The van der Waals surface area contributed by atoms with Gasteiger partial charge in [-0.3, -0.25) is 19.7 Å². The molecule has 2 aromatic carbocycles. The number of esters is 1. The highest BCUT2D eigenvalue weighted by Gasteiger charge is 2.56. The largest absolute Gasteiger partial charge is 0.484 e. The van der Waals surface area contributed by atoms with Gasteiger partial charge in [0.05, 0.1) is 11.0 Å². The molecule has 188 valence electrons. The van der Waals surface area contributed by atoms with E-state index in [0.29, 0.717) is 34.8 Å². The van der Waals surface area contributed by atoms with Gasteiger partial charge in [-0.25, -0.2) is 4.79 Å². The molecule has 3 atom stereocenters. The van der Waals surface area contributed by atoms with Crippen LogP contribution in [0.4, 0.5) is 5.69 Å². The number of hydrogen-bond acceptors (Lipinski definition) is 7. The van der Waals surface area contributed by atoms with E-state index < -0.39 is 34.8 Å². The molecule has 0 aromatic heterocycles. The second-order valence-electron chi connectivity index (χ2n) is 8.49. The van der Waals surface area contributed by atoms with Gasteiger partial charge in [0.25, 0.3) is 11.6 Å². The van der Waals surface area contributed by atoms with E-state index in [9.17, 15) is 24.5 Å². The molecule has 2 heterocycles. The number of β-lactam (4-membered cyclic amide) rings is 1. The molecule has 2 aliphatic heterocycles. The minimum atomic E-state index is -1.000. The molecule has 2 saturated heterocycles. The van der Waals surface area contributed by atoms with Crippen molar-refractivity contribution < 1.29 is 28.8 Å². The molecule has 1 N–H and O–H groups in total. The van der Waals surface area contributed by atoms with E-state index in [1.54, 1.807) is 31.2 Å². The Morgan fingerprint density at radius 3 is 2.50 bits per heavy atom. The monoisotopic (exact) mass is 513 g/mol. The van der Waals surface area contributed by atoms with Crippen LogP contribution in [0.25, 0.3) is 0 Å². The van der Waals surface area contributed by atoms with Gasteiger partial charge in [-0.05, 0) is 55.2 Å². The number of carbonyl (C=O) groups is 3. The first-order chi connectivity index (χ1) is 17.3. The first-order valence-corrected chi connectivity index (χ1v) is 11.7. The molecule has 0 saturated carbocycles. The number of benzene rings is 2. The van der Waals surface area contributed by atoms with Crippen molar-refractivity contribution in [3.8, 4) is 5.75 Å². The highest BCUT2D eigenvalue weighted by Crippen LogP contribution is 2.39. The third kappa shape index (κ3) is 5.33. The van der Waals surface area contributed by atoms with Gasteiger partial charge in [0.2, 0.25) is 5.91 Å². The lowest BCUT2D eigenvalue weighted by atomic mass is 9.79. The summed E-state index contributed by atoms with van der Waals surface area (Å²) in [6.45, 7) is 1.29. The lowest BCUT2D eigenvalue weighted by molar-refractivity contribution is -0.384. The fourth-order valence-electron chi connectivity index (χ4n) is 4.40. The normalized spacial score (nSPS) is 22.1. The van der Waals surface area contributed by atoms with Crippen molar-refractivity contribution in [1.82, 2.24) is 10.2 Å². The molecule has 2 aliphatic rings. The lowest BCUT2D eigenvalue weighted by Crippen LogP contribution is -2.76. The number of piperidine rings is 1. The van der Waals surface area contributed by atoms with Crippen molar-refractivity contribution in [2.75, 3.05) is 6.61 Å². The Bertz CT molecular complexity index is 1200. The molecular formula is C25H24ClN3O7. The number of fused-ring (bicyclic) bond motifs is 1. The van der Waals surface area contributed by atoms with Gasteiger partial charge in [-0.15, -0.1) is 0 Å². The minimum absolute atomic E-state index is 0.0726. The summed E-state index contributed by atoms with van der Waals surface area (Å²) in [5, 5.41) is 13.9. The molecule has 1 unspecified atom stereocenters. The van der Waals surface area contributed by atoms with Crippen molar-refractivity contribution in [1.29, 1.82) is 0 Å². The molecule has 11 heteroatoms. The summed E-state index contributed by atoms with van der Waals surface area (Å²) in [6.07, 6.45) is 0.996. The van der Waals surface area contributed by atoms with Crippen molar-refractivity contribution in [3.05, 3.63) is 80.9 Å². The summed E-state index contributed by atoms with van der Waals surface area (Å²) >= 11 is 6.25. The topological polar surface area (TPSA) is 128 Å². The van der Waals surface area contributed by atoms with Gasteiger partial charge in [-0.2, -0.15) is 0 Å². The number of nitro groups is 1. The molecule has 0 spiro atoms. The summed E-state index contributed by atoms with van der Waals surface area (Å²) in [6, 6.07) is 12.3. The Kier molecular flexibility index (Phi) is 7.54. The number of halogens is 1. The number of nitrogens with one attached hydrogen (secondary N) is 1. The molecule has 0 radical (unpaired) electrons. The SMILES string of the molecule is C/C(Cl)=C1/CC[C@@H]2[C@H](NC(=O)COc3ccccc3)C(=O)N2C1C(=O)OCc1ccc([N+](=O)[O-])cc1. The standard InChI is InChI=1S/C25H24ClN3O7/c1-15(26)19-11-12-20-22(27-21(30)14-35-18-5-3-2-4-6-18)24(31)28(20)23(19)25(32)36-13-16-7-9-17(10-8-16)29(33)34/h2-10,20,22-23H,11-14H2,1H3,(H,27,30)/b19-15+/t20-,22+,23?/m1/s1. The van der Waals surface area contributed by atoms with Gasteiger partial charge < -0.3 is 19.7 Å². The van der Waals surface area contributed by atoms with Crippen LogP contribution >= 0.6 is 11.6 Å². The van der Waals surface area contributed by atoms with Crippen molar-refractivity contribution >= 4 is 35.1 Å². The second-order valence-corrected chi connectivity index (χ2v) is 9.06. The highest BCUT2D eigenvalue weighted by molar-refractivity contribution is 6.30. The quantitative estimate of drug-likeness (QED) is 0.248. The molecule has 2 amide bonds. The van der Waals surface area contributed by atoms with E-state index in [0.717, 1.165) is 0 Å². The third-order valence-corrected chi connectivity index (χ3v) is 6.45. The fourth-order valence-corrected chi connectivity index (χ4v) is 4.60. The molecule has 4 rings (SSSR count). The van der Waals surface area contributed by atoms with E-state index in [1.165, 1.54) is 29.2 Å². The molecule has 10 nitrogen and oxygen atoms in total. The van der Waals surface area contributed by atoms with Crippen molar-refractivity contribution in [2.45, 2.75) is 44.5 Å². The fraction of sp³-hybridized carbons (Fsp3) is 0.320. The minimum Gasteiger partial charge on any atom is -0.484 e. The van der Waals surface area contributed by atoms with Crippen molar-refractivity contribution in [2.24, 2.45) is 0 Å². The summed E-state index contributed by atoms with van der Waals surface area (Å²) < 4.78 is 10.9. The van der Waals surface area contributed by atoms with Crippen LogP contribution in [-0.2, 0) is 25.7 Å². The number of nitro benzene ring substituents is 1. The molecule has 2 aromatic rings. The number of amides is 2. The first kappa shape index (κ1) is 25.2. The van der Waals surface area contributed by atoms with Crippen LogP contribution in [0.15, 0.2) is 65.2 Å². The highest BCUT2D eigenvalue weighted by atomic mass is 35.5. The Hall–Kier alpha value is -3.92. The van der Waals surface area contributed by atoms with Gasteiger partial charge >= 0.3 is 5.97 Å². The zero-order valence-electron chi connectivity index (χ0n) is 19.4. The lowest BCUT2D eigenvalue weighted by Gasteiger charge is -2.53. The zero-order chi connectivity index (χ0) is 25.8. The number of nitrogens with zero attached hydrogens (tertiary/aromatic N) is 2. The molecule has 0 bridgehead atoms. The Morgan fingerprint density at radius 2 is 1.86 bits per heavy atom. The van der Waals surface area contributed by atoms with Crippen LogP contribution in [0.5, 0.6) is 5.75 Å². The number of carbonyl (C=O) groups excluding carboxylic acids is 3. The predicted molar refractivity (Wildman–Crippen MR) is 129 cm³/mol. The zero-order valence-corrected chi connectivity index (χ0v) is 20.1. The number of rotatable bonds is 8. The summed E-state index contributed by atoms with van der Waals surface area (Å²) in [4.78, 5) is 50.1. The van der Waals surface area contributed by atoms with Crippen LogP contribution < -0.4 is 10.1 Å². The summed E-state index contributed by atoms with van der Waals surface area (Å²) in [5.41, 5.74) is 1.08. The van der Waals surface area contributed by atoms with Crippen molar-refractivity contribution in [3.63, 3.8) is 0 Å². The number of non-ortho nitro benzene ring substituents is 1. The number of para-hydroxylation sites is 1. The smallest absolute Gasteiger partial charge is 0.333 e. The number of allylic oxidation sites excluding steroid dienone is 1. The van der Waals surface area contributed by atoms with Crippen LogP contribution in [-0.4, -0.2) is 52.3 Å². The maximum absolute atomic E-state index is 13.1. The van der Waals surface area contributed by atoms with Crippen LogP contribution in [0.2, 0.25) is 0 Å². The molecule has 36 heavy (non-hydrogen) atoms. The van der Waals surface area contributed by atoms with Gasteiger partial charge in [0, 0.05) is 17.2 Å². The first-order valence-electron chi connectivity index (χ1n) is 11.3. The Labute approximate surface area is 212 Å². The average Bonchev–Trinajstić information content (AvgIpc) is 2.88. The molecular weight excluding hydrogens is 490 g/mol. The summed E-state index contributed by atoms with van der Waals surface area (Å²) in [7, 11) is 0. The predicted octanol–water partition coefficient (Wildman–Crippen LogP) is 3.09. The third-order valence-electron chi connectivity index (χ3n) is 6.20. The average molecular weight is 514 g/mol. The van der Waals surface area contributed by atoms with Gasteiger partial charge in [-0.1, -0.05) is 29.8 Å². The second kappa shape index (κ2) is 10.8. The van der Waals surface area contributed by atoms with E-state index in [1.807, 2.05) is 6.07 Å².